The van der Waals surface area contributed by atoms with Crippen LogP contribution in [0.5, 0.6) is 0 Å². The van der Waals surface area contributed by atoms with Gasteiger partial charge in [0.05, 0.1) is 18.6 Å². The lowest BCUT2D eigenvalue weighted by Crippen LogP contribution is -2.48. The summed E-state index contributed by atoms with van der Waals surface area (Å²) < 4.78 is 18.4. The van der Waals surface area contributed by atoms with Crippen molar-refractivity contribution in [3.8, 4) is 0 Å². The van der Waals surface area contributed by atoms with Gasteiger partial charge in [0.2, 0.25) is 5.91 Å². The summed E-state index contributed by atoms with van der Waals surface area (Å²) in [6.07, 6.45) is 2.62. The number of ether oxygens (including phenoxy) is 1. The van der Waals surface area contributed by atoms with Gasteiger partial charge < -0.3 is 15.2 Å². The number of carbonyl (C=O) groups excluding carboxylic acids is 1. The summed E-state index contributed by atoms with van der Waals surface area (Å²) in [6.45, 7) is 0. The summed E-state index contributed by atoms with van der Waals surface area (Å²) in [5.41, 5.74) is 0.624. The summed E-state index contributed by atoms with van der Waals surface area (Å²) in [5, 5.41) is 13.1. The molecule has 0 heterocycles. The zero-order valence-electron chi connectivity index (χ0n) is 12.2. The van der Waals surface area contributed by atoms with Crippen molar-refractivity contribution in [3.63, 3.8) is 0 Å². The molecule has 0 unspecified atom stereocenters. The summed E-state index contributed by atoms with van der Waals surface area (Å²) >= 11 is 0. The quantitative estimate of drug-likeness (QED) is 0.833. The number of benzene rings is 1. The van der Waals surface area contributed by atoms with Gasteiger partial charge in [-0.2, -0.15) is 0 Å². The van der Waals surface area contributed by atoms with Gasteiger partial charge in [-0.15, -0.1) is 0 Å². The van der Waals surface area contributed by atoms with E-state index in [1.807, 2.05) is 0 Å². The average molecular weight is 295 g/mol. The Morgan fingerprint density at radius 1 is 1.43 bits per heavy atom. The lowest BCUT2D eigenvalue weighted by molar-refractivity contribution is -0.123. The molecule has 1 amide bonds. The van der Waals surface area contributed by atoms with Crippen molar-refractivity contribution >= 4 is 5.91 Å². The molecule has 0 aromatic heterocycles. The molecule has 1 aliphatic rings. The molecule has 1 aliphatic carbocycles. The highest BCUT2D eigenvalue weighted by molar-refractivity contribution is 5.78. The van der Waals surface area contributed by atoms with E-state index in [1.165, 1.54) is 12.1 Å². The fraction of sp³-hybridized carbons (Fsp3) is 0.562. The van der Waals surface area contributed by atoms with Crippen LogP contribution >= 0.6 is 0 Å². The number of hydrogen-bond donors (Lipinski definition) is 2. The minimum atomic E-state index is -0.700. The van der Waals surface area contributed by atoms with Gasteiger partial charge >= 0.3 is 0 Å². The minimum Gasteiger partial charge on any atom is -0.388 e. The second kappa shape index (κ2) is 7.52. The van der Waals surface area contributed by atoms with Crippen LogP contribution in [0, 0.1) is 5.82 Å². The Hall–Kier alpha value is -1.46. The molecule has 3 atom stereocenters. The van der Waals surface area contributed by atoms with Crippen molar-refractivity contribution in [2.24, 2.45) is 0 Å². The van der Waals surface area contributed by atoms with Gasteiger partial charge in [-0.1, -0.05) is 25.0 Å². The third-order valence-corrected chi connectivity index (χ3v) is 3.95. The van der Waals surface area contributed by atoms with Crippen molar-refractivity contribution in [3.05, 3.63) is 35.6 Å². The Morgan fingerprint density at radius 3 is 2.90 bits per heavy atom. The van der Waals surface area contributed by atoms with Crippen LogP contribution in [0.3, 0.4) is 0 Å². The van der Waals surface area contributed by atoms with Gasteiger partial charge in [0.25, 0.3) is 0 Å². The van der Waals surface area contributed by atoms with Crippen LogP contribution < -0.4 is 5.32 Å². The number of halogens is 1. The van der Waals surface area contributed by atoms with Gasteiger partial charge in [0.1, 0.15) is 11.9 Å². The first kappa shape index (κ1) is 15.9. The van der Waals surface area contributed by atoms with Gasteiger partial charge in [0, 0.05) is 7.11 Å². The molecule has 5 heteroatoms. The molecule has 2 N–H and O–H groups in total. The van der Waals surface area contributed by atoms with E-state index in [1.54, 1.807) is 19.2 Å². The molecule has 0 spiro atoms. The fourth-order valence-corrected chi connectivity index (χ4v) is 2.82. The molecule has 0 bridgehead atoms. The molecule has 1 saturated carbocycles. The number of rotatable bonds is 4. The Bertz CT molecular complexity index is 480. The molecule has 2 rings (SSSR count). The first-order valence-corrected chi connectivity index (χ1v) is 7.35. The van der Waals surface area contributed by atoms with Crippen LogP contribution in [0.1, 0.15) is 31.2 Å². The van der Waals surface area contributed by atoms with Gasteiger partial charge in [0.15, 0.2) is 0 Å². The number of aliphatic hydroxyl groups is 1. The van der Waals surface area contributed by atoms with E-state index in [-0.39, 0.29) is 30.3 Å². The Kier molecular flexibility index (Phi) is 5.70. The number of aliphatic hydroxyl groups excluding tert-OH is 1. The van der Waals surface area contributed by atoms with Crippen molar-refractivity contribution in [2.75, 3.05) is 7.11 Å². The normalized spacial score (nSPS) is 26.1. The van der Waals surface area contributed by atoms with Crippen molar-refractivity contribution in [1.82, 2.24) is 5.32 Å². The van der Waals surface area contributed by atoms with Crippen LogP contribution in [0.4, 0.5) is 4.39 Å². The average Bonchev–Trinajstić information content (AvgIpc) is 2.61. The second-order valence-corrected chi connectivity index (χ2v) is 5.53. The van der Waals surface area contributed by atoms with E-state index in [2.05, 4.69) is 5.32 Å². The molecule has 21 heavy (non-hydrogen) atoms. The van der Waals surface area contributed by atoms with Crippen molar-refractivity contribution in [2.45, 2.75) is 50.4 Å². The molecule has 0 radical (unpaired) electrons. The third-order valence-electron chi connectivity index (χ3n) is 3.95. The number of amides is 1. The number of hydrogen-bond acceptors (Lipinski definition) is 3. The highest BCUT2D eigenvalue weighted by Gasteiger charge is 2.30. The fourth-order valence-electron chi connectivity index (χ4n) is 2.82. The number of carbonyl (C=O) groups is 1. The van der Waals surface area contributed by atoms with Crippen LogP contribution in [0.15, 0.2) is 24.3 Å². The molecule has 116 valence electrons. The SMILES string of the molecule is CO[C@@H]1CCCC[C@@H](NC(=O)Cc2cccc(F)c2)[C@H]1O. The molecule has 4 nitrogen and oxygen atoms in total. The maximum atomic E-state index is 13.1. The third kappa shape index (κ3) is 4.51. The number of methoxy groups -OCH3 is 1. The van der Waals surface area contributed by atoms with Crippen LogP contribution in [-0.4, -0.2) is 36.4 Å². The predicted octanol–water partition coefficient (Wildman–Crippen LogP) is 1.80. The minimum absolute atomic E-state index is 0.110. The highest BCUT2D eigenvalue weighted by atomic mass is 19.1. The molecular formula is C16H22FNO3. The largest absolute Gasteiger partial charge is 0.388 e. The van der Waals surface area contributed by atoms with Crippen molar-refractivity contribution in [1.29, 1.82) is 0 Å². The maximum Gasteiger partial charge on any atom is 0.224 e. The van der Waals surface area contributed by atoms with E-state index < -0.39 is 6.10 Å². The lowest BCUT2D eigenvalue weighted by atomic mass is 10.0. The molecule has 0 aliphatic heterocycles. The smallest absolute Gasteiger partial charge is 0.224 e. The Balaban J connectivity index is 1.94. The summed E-state index contributed by atoms with van der Waals surface area (Å²) in [6, 6.07) is 5.68. The maximum absolute atomic E-state index is 13.1. The van der Waals surface area contributed by atoms with E-state index in [9.17, 15) is 14.3 Å². The highest BCUT2D eigenvalue weighted by Crippen LogP contribution is 2.21. The summed E-state index contributed by atoms with van der Waals surface area (Å²) in [7, 11) is 1.57. The zero-order valence-corrected chi connectivity index (χ0v) is 12.2. The van der Waals surface area contributed by atoms with Crippen molar-refractivity contribution < 1.29 is 19.0 Å². The van der Waals surface area contributed by atoms with Gasteiger partial charge in [-0.3, -0.25) is 4.79 Å². The summed E-state index contributed by atoms with van der Waals surface area (Å²) in [4.78, 5) is 12.1. The van der Waals surface area contributed by atoms with E-state index >= 15 is 0 Å². The topological polar surface area (TPSA) is 58.6 Å². The predicted molar refractivity (Wildman–Crippen MR) is 77.3 cm³/mol. The Labute approximate surface area is 124 Å². The Morgan fingerprint density at radius 2 is 2.19 bits per heavy atom. The molecule has 1 aromatic carbocycles. The molecular weight excluding hydrogens is 273 g/mol. The second-order valence-electron chi connectivity index (χ2n) is 5.53. The van der Waals surface area contributed by atoms with Crippen LogP contribution in [0.2, 0.25) is 0 Å². The first-order chi connectivity index (χ1) is 10.1. The molecule has 1 aromatic rings. The standard InChI is InChI=1S/C16H22FNO3/c1-21-14-8-3-2-7-13(16(14)20)18-15(19)10-11-5-4-6-12(17)9-11/h4-6,9,13-14,16,20H,2-3,7-8,10H2,1H3,(H,18,19)/t13-,14-,16-/m1/s1. The summed E-state index contributed by atoms with van der Waals surface area (Å²) in [5.74, 6) is -0.560. The lowest BCUT2D eigenvalue weighted by Gasteiger charge is -2.27. The van der Waals surface area contributed by atoms with Crippen LogP contribution in [-0.2, 0) is 16.0 Å². The van der Waals surface area contributed by atoms with E-state index in [0.717, 1.165) is 25.7 Å². The van der Waals surface area contributed by atoms with Crippen LogP contribution in [0.25, 0.3) is 0 Å². The number of nitrogens with one attached hydrogen (secondary N) is 1. The molecule has 1 fully saturated rings. The zero-order chi connectivity index (χ0) is 15.2. The first-order valence-electron chi connectivity index (χ1n) is 7.35. The van der Waals surface area contributed by atoms with E-state index in [4.69, 9.17) is 4.74 Å². The molecule has 0 saturated heterocycles. The monoisotopic (exact) mass is 295 g/mol. The van der Waals surface area contributed by atoms with Gasteiger partial charge in [-0.25, -0.2) is 4.39 Å². The van der Waals surface area contributed by atoms with E-state index in [0.29, 0.717) is 5.56 Å². The van der Waals surface area contributed by atoms with Gasteiger partial charge in [-0.05, 0) is 30.5 Å².